The smallest absolute Gasteiger partial charge is 0.275 e. The first-order chi connectivity index (χ1) is 6.13. The lowest BCUT2D eigenvalue weighted by Crippen LogP contribution is -2.22. The third-order valence-electron chi connectivity index (χ3n) is 1.66. The average Bonchev–Trinajstić information content (AvgIpc) is 2.51. The lowest BCUT2D eigenvalue weighted by molar-refractivity contribution is 0.0959. The molecule has 4 heteroatoms. The first kappa shape index (κ1) is 9.51. The van der Waals surface area contributed by atoms with Gasteiger partial charge in [0, 0.05) is 18.9 Å². The molecule has 4 nitrogen and oxygen atoms in total. The van der Waals surface area contributed by atoms with Gasteiger partial charge >= 0.3 is 0 Å². The van der Waals surface area contributed by atoms with E-state index >= 15 is 0 Å². The topological polar surface area (TPSA) is 46.9 Å². The molecule has 0 spiro atoms. The van der Waals surface area contributed by atoms with Gasteiger partial charge in [-0.15, -0.1) is 0 Å². The molecule has 13 heavy (non-hydrogen) atoms. The van der Waals surface area contributed by atoms with Crippen molar-refractivity contribution in [3.05, 3.63) is 30.2 Å². The molecule has 0 aliphatic rings. The van der Waals surface area contributed by atoms with Crippen LogP contribution in [0.4, 0.5) is 0 Å². The van der Waals surface area contributed by atoms with Gasteiger partial charge in [-0.05, 0) is 12.5 Å². The molecule has 1 heterocycles. The molecular formula is C9H13N3O. The number of carbonyl (C=O) groups excluding carboxylic acids is 1. The predicted octanol–water partition coefficient (Wildman–Crippen LogP) is 1.07. The summed E-state index contributed by atoms with van der Waals surface area (Å²) in [5, 5.41) is 6.61. The summed E-state index contributed by atoms with van der Waals surface area (Å²) in [6.07, 6.45) is 2.46. The maximum Gasteiger partial charge on any atom is 0.275 e. The van der Waals surface area contributed by atoms with Crippen molar-refractivity contribution in [1.82, 2.24) is 15.1 Å². The molecule has 0 atom stereocenters. The Labute approximate surface area is 77.3 Å². The Hall–Kier alpha value is -1.58. The Kier molecular flexibility index (Phi) is 2.84. The van der Waals surface area contributed by atoms with E-state index in [4.69, 9.17) is 0 Å². The van der Waals surface area contributed by atoms with Crippen LogP contribution in [-0.2, 0) is 7.05 Å². The minimum Gasteiger partial charge on any atom is -0.325 e. The van der Waals surface area contributed by atoms with Crippen LogP contribution in [0.2, 0.25) is 0 Å². The highest BCUT2D eigenvalue weighted by Crippen LogP contribution is 1.97. The van der Waals surface area contributed by atoms with E-state index in [1.807, 2.05) is 6.92 Å². The van der Waals surface area contributed by atoms with E-state index in [1.165, 1.54) is 0 Å². The van der Waals surface area contributed by atoms with Crippen molar-refractivity contribution in [3.63, 3.8) is 0 Å². The lowest BCUT2D eigenvalue weighted by Gasteiger charge is -2.02. The van der Waals surface area contributed by atoms with Crippen LogP contribution >= 0.6 is 0 Å². The van der Waals surface area contributed by atoms with Gasteiger partial charge in [-0.2, -0.15) is 5.10 Å². The fraction of sp³-hybridized carbons (Fsp3) is 0.333. The molecular weight excluding hydrogens is 166 g/mol. The van der Waals surface area contributed by atoms with Gasteiger partial charge in [0.25, 0.3) is 5.91 Å². The van der Waals surface area contributed by atoms with Crippen LogP contribution in [-0.4, -0.2) is 15.7 Å². The summed E-state index contributed by atoms with van der Waals surface area (Å²) in [5.41, 5.74) is 1.12. The summed E-state index contributed by atoms with van der Waals surface area (Å²) in [6.45, 7) is 5.61. The number of aryl methyl sites for hydroxylation is 1. The van der Waals surface area contributed by atoms with Crippen molar-refractivity contribution in [2.75, 3.05) is 0 Å². The van der Waals surface area contributed by atoms with E-state index in [0.717, 1.165) is 6.42 Å². The zero-order valence-corrected chi connectivity index (χ0v) is 7.87. The number of hydrogen-bond donors (Lipinski definition) is 1. The van der Waals surface area contributed by atoms with Crippen LogP contribution in [0, 0.1) is 0 Å². The van der Waals surface area contributed by atoms with Gasteiger partial charge in [0.05, 0.1) is 0 Å². The minimum atomic E-state index is -0.201. The average molecular weight is 179 g/mol. The molecule has 0 saturated carbocycles. The van der Waals surface area contributed by atoms with Crippen LogP contribution < -0.4 is 5.32 Å². The predicted molar refractivity (Wildman–Crippen MR) is 50.1 cm³/mol. The number of aromatic nitrogens is 2. The molecule has 0 unspecified atom stereocenters. The second kappa shape index (κ2) is 3.89. The van der Waals surface area contributed by atoms with Crippen LogP contribution in [0.3, 0.4) is 0 Å². The summed E-state index contributed by atoms with van der Waals surface area (Å²) in [7, 11) is 1.77. The first-order valence-corrected chi connectivity index (χ1v) is 4.12. The molecule has 0 bridgehead atoms. The zero-order chi connectivity index (χ0) is 9.84. The fourth-order valence-electron chi connectivity index (χ4n) is 0.849. The maximum atomic E-state index is 11.4. The molecule has 0 fully saturated rings. The second-order valence-electron chi connectivity index (χ2n) is 2.79. The van der Waals surface area contributed by atoms with E-state index in [9.17, 15) is 4.79 Å². The van der Waals surface area contributed by atoms with Gasteiger partial charge in [-0.25, -0.2) is 0 Å². The van der Waals surface area contributed by atoms with E-state index in [0.29, 0.717) is 11.4 Å². The third kappa shape index (κ3) is 2.43. The largest absolute Gasteiger partial charge is 0.325 e. The molecule has 1 rings (SSSR count). The van der Waals surface area contributed by atoms with Gasteiger partial charge in [-0.1, -0.05) is 13.5 Å². The summed E-state index contributed by atoms with van der Waals surface area (Å²) in [6, 6.07) is 1.66. The van der Waals surface area contributed by atoms with Crippen LogP contribution in [0.25, 0.3) is 0 Å². The summed E-state index contributed by atoms with van der Waals surface area (Å²) < 4.78 is 1.59. The molecule has 70 valence electrons. The number of hydrogen-bond acceptors (Lipinski definition) is 2. The van der Waals surface area contributed by atoms with Gasteiger partial charge in [0.1, 0.15) is 5.69 Å². The SMILES string of the molecule is C=C(CC)NC(=O)c1ccn(C)n1. The van der Waals surface area contributed by atoms with Gasteiger partial charge < -0.3 is 5.32 Å². The summed E-state index contributed by atoms with van der Waals surface area (Å²) >= 11 is 0. The van der Waals surface area contributed by atoms with Crippen LogP contribution in [0.15, 0.2) is 24.5 Å². The standard InChI is InChI=1S/C9H13N3O/c1-4-7(2)10-9(13)8-5-6-12(3)11-8/h5-6H,2,4H2,1,3H3,(H,10,13). The number of allylic oxidation sites excluding steroid dienone is 1. The quantitative estimate of drug-likeness (QED) is 0.754. The third-order valence-corrected chi connectivity index (χ3v) is 1.66. The van der Waals surface area contributed by atoms with Gasteiger partial charge in [-0.3, -0.25) is 9.48 Å². The highest BCUT2D eigenvalue weighted by molar-refractivity contribution is 5.93. The normalized spacial score (nSPS) is 9.69. The Bertz CT molecular complexity index is 327. The van der Waals surface area contributed by atoms with Gasteiger partial charge in [0.2, 0.25) is 0 Å². The molecule has 0 radical (unpaired) electrons. The first-order valence-electron chi connectivity index (χ1n) is 4.12. The molecule has 1 aromatic rings. The van der Waals surface area contributed by atoms with Crippen LogP contribution in [0.1, 0.15) is 23.8 Å². The number of nitrogens with one attached hydrogen (secondary N) is 1. The van der Waals surface area contributed by atoms with Crippen molar-refractivity contribution < 1.29 is 4.79 Å². The lowest BCUT2D eigenvalue weighted by atomic mass is 10.3. The molecule has 1 aromatic heterocycles. The molecule has 0 aliphatic carbocycles. The van der Waals surface area contributed by atoms with Crippen LogP contribution in [0.5, 0.6) is 0 Å². The zero-order valence-electron chi connectivity index (χ0n) is 7.87. The molecule has 1 amide bonds. The molecule has 0 saturated heterocycles. The fourth-order valence-corrected chi connectivity index (χ4v) is 0.849. The van der Waals surface area contributed by atoms with Crippen molar-refractivity contribution in [2.24, 2.45) is 7.05 Å². The number of rotatable bonds is 3. The molecule has 0 aromatic carbocycles. The number of nitrogens with zero attached hydrogens (tertiary/aromatic N) is 2. The van der Waals surface area contributed by atoms with E-state index in [2.05, 4.69) is 17.0 Å². The summed E-state index contributed by atoms with van der Waals surface area (Å²) in [4.78, 5) is 11.4. The van der Waals surface area contributed by atoms with Crippen molar-refractivity contribution >= 4 is 5.91 Å². The minimum absolute atomic E-state index is 0.201. The highest BCUT2D eigenvalue weighted by atomic mass is 16.1. The Balaban J connectivity index is 2.64. The highest BCUT2D eigenvalue weighted by Gasteiger charge is 2.07. The Morgan fingerprint density at radius 3 is 2.92 bits per heavy atom. The number of amides is 1. The van der Waals surface area contributed by atoms with E-state index in [-0.39, 0.29) is 5.91 Å². The Morgan fingerprint density at radius 2 is 2.46 bits per heavy atom. The Morgan fingerprint density at radius 1 is 1.77 bits per heavy atom. The molecule has 0 aliphatic heterocycles. The maximum absolute atomic E-state index is 11.4. The van der Waals surface area contributed by atoms with Gasteiger partial charge in [0.15, 0.2) is 0 Å². The number of carbonyl (C=O) groups is 1. The van der Waals surface area contributed by atoms with E-state index < -0.39 is 0 Å². The van der Waals surface area contributed by atoms with E-state index in [1.54, 1.807) is 24.0 Å². The summed E-state index contributed by atoms with van der Waals surface area (Å²) in [5.74, 6) is -0.201. The van der Waals surface area contributed by atoms with Crippen molar-refractivity contribution in [3.8, 4) is 0 Å². The monoisotopic (exact) mass is 179 g/mol. The molecule has 1 N–H and O–H groups in total. The van der Waals surface area contributed by atoms with Crippen molar-refractivity contribution in [1.29, 1.82) is 0 Å². The van der Waals surface area contributed by atoms with Crippen molar-refractivity contribution in [2.45, 2.75) is 13.3 Å². The second-order valence-corrected chi connectivity index (χ2v) is 2.79.